The van der Waals surface area contributed by atoms with Crippen LogP contribution in [0.2, 0.25) is 0 Å². The molecule has 4 rings (SSSR count). The van der Waals surface area contributed by atoms with Crippen molar-refractivity contribution in [3.8, 4) is 0 Å². The number of imide groups is 1. The average molecular weight is 494 g/mol. The third-order valence-electron chi connectivity index (χ3n) is 6.80. The predicted molar refractivity (Wildman–Crippen MR) is 141 cm³/mol. The van der Waals surface area contributed by atoms with Gasteiger partial charge in [0.05, 0.1) is 16.4 Å². The third-order valence-corrected chi connectivity index (χ3v) is 7.71. The number of non-ortho nitro benzene ring substituents is 1. The number of nitro groups is 1. The van der Waals surface area contributed by atoms with Gasteiger partial charge in [-0.25, -0.2) is 0 Å². The summed E-state index contributed by atoms with van der Waals surface area (Å²) < 4.78 is 0. The van der Waals surface area contributed by atoms with Crippen molar-refractivity contribution in [2.75, 3.05) is 4.90 Å². The molecule has 1 unspecified atom stereocenters. The van der Waals surface area contributed by atoms with Gasteiger partial charge in [-0.15, -0.1) is 0 Å². The molecule has 7 nitrogen and oxygen atoms in total. The molecule has 35 heavy (non-hydrogen) atoms. The second-order valence-electron chi connectivity index (χ2n) is 10.3. The number of carbonyl (C=O) groups excluding carboxylic acids is 2. The van der Waals surface area contributed by atoms with Crippen molar-refractivity contribution >= 4 is 40.4 Å². The molecule has 1 atom stereocenters. The van der Waals surface area contributed by atoms with E-state index in [9.17, 15) is 19.7 Å². The van der Waals surface area contributed by atoms with Crippen LogP contribution in [-0.4, -0.2) is 32.6 Å². The summed E-state index contributed by atoms with van der Waals surface area (Å²) in [6.07, 6.45) is 2.83. The van der Waals surface area contributed by atoms with Crippen LogP contribution in [0.3, 0.4) is 0 Å². The lowest BCUT2D eigenvalue weighted by Gasteiger charge is -2.50. The number of carbonyl (C=O) groups is 2. The van der Waals surface area contributed by atoms with Gasteiger partial charge >= 0.3 is 0 Å². The first-order valence-corrected chi connectivity index (χ1v) is 12.6. The molecule has 2 aromatic carbocycles. The fraction of sp³-hybridized carbons (Fsp3) is 0.407. The highest BCUT2D eigenvalue weighted by Gasteiger charge is 2.39. The summed E-state index contributed by atoms with van der Waals surface area (Å²) in [6.45, 7) is 13.3. The summed E-state index contributed by atoms with van der Waals surface area (Å²) in [7, 11) is 0. The van der Waals surface area contributed by atoms with Gasteiger partial charge in [-0.05, 0) is 99.2 Å². The Morgan fingerprint density at radius 2 is 1.94 bits per heavy atom. The molecule has 0 radical (unpaired) electrons. The van der Waals surface area contributed by atoms with Crippen LogP contribution >= 0.6 is 11.8 Å². The van der Waals surface area contributed by atoms with Gasteiger partial charge in [-0.2, -0.15) is 0 Å². The van der Waals surface area contributed by atoms with Crippen LogP contribution in [0.4, 0.5) is 16.2 Å². The van der Waals surface area contributed by atoms with E-state index in [-0.39, 0.29) is 28.9 Å². The monoisotopic (exact) mass is 493 g/mol. The zero-order valence-corrected chi connectivity index (χ0v) is 21.8. The molecule has 8 heteroatoms. The Morgan fingerprint density at radius 1 is 1.23 bits per heavy atom. The third kappa shape index (κ3) is 4.72. The Kier molecular flexibility index (Phi) is 6.53. The highest BCUT2D eigenvalue weighted by Crippen LogP contribution is 2.46. The molecule has 1 saturated heterocycles. The number of rotatable bonds is 5. The molecule has 0 aromatic heterocycles. The van der Waals surface area contributed by atoms with Gasteiger partial charge in [0.1, 0.15) is 0 Å². The lowest BCUT2D eigenvalue weighted by molar-refractivity contribution is -0.384. The molecular formula is C27H31N3O4S. The van der Waals surface area contributed by atoms with E-state index < -0.39 is 4.92 Å². The van der Waals surface area contributed by atoms with Gasteiger partial charge < -0.3 is 4.90 Å². The highest BCUT2D eigenvalue weighted by atomic mass is 32.2. The van der Waals surface area contributed by atoms with Crippen molar-refractivity contribution in [2.24, 2.45) is 0 Å². The Balaban J connectivity index is 1.65. The highest BCUT2D eigenvalue weighted by molar-refractivity contribution is 8.18. The number of hydrogen-bond acceptors (Lipinski definition) is 6. The molecule has 0 saturated carbocycles. The number of benzene rings is 2. The summed E-state index contributed by atoms with van der Waals surface area (Å²) in [5.41, 5.74) is 4.98. The Hall–Kier alpha value is -3.13. The van der Waals surface area contributed by atoms with Gasteiger partial charge in [-0.3, -0.25) is 24.6 Å². The second-order valence-corrected chi connectivity index (χ2v) is 11.3. The Labute approximate surface area is 210 Å². The molecule has 2 aromatic rings. The SMILES string of the molecule is Cc1cc2c(cc1/C=C1\SC(=O)N(Cc3cccc([N+](=O)[O-])c3)C1=O)C(C)CC(C)(C)N2C(C)C. The van der Waals surface area contributed by atoms with Gasteiger partial charge in [0.25, 0.3) is 16.8 Å². The fourth-order valence-electron chi connectivity index (χ4n) is 5.48. The molecule has 0 spiro atoms. The van der Waals surface area contributed by atoms with Crippen LogP contribution in [0.25, 0.3) is 6.08 Å². The lowest BCUT2D eigenvalue weighted by atomic mass is 9.78. The van der Waals surface area contributed by atoms with E-state index in [0.29, 0.717) is 22.4 Å². The number of nitrogens with zero attached hydrogens (tertiary/aromatic N) is 3. The zero-order valence-electron chi connectivity index (χ0n) is 21.0. The molecule has 184 valence electrons. The smallest absolute Gasteiger partial charge is 0.293 e. The van der Waals surface area contributed by atoms with E-state index in [1.54, 1.807) is 18.2 Å². The molecule has 1 fully saturated rings. The van der Waals surface area contributed by atoms with Crippen LogP contribution < -0.4 is 4.90 Å². The zero-order chi connectivity index (χ0) is 25.7. The van der Waals surface area contributed by atoms with E-state index >= 15 is 0 Å². The average Bonchev–Trinajstić information content (AvgIpc) is 3.01. The maximum absolute atomic E-state index is 13.1. The number of hydrogen-bond donors (Lipinski definition) is 0. The van der Waals surface area contributed by atoms with Crippen LogP contribution in [-0.2, 0) is 11.3 Å². The molecule has 0 bridgehead atoms. The molecule has 0 N–H and O–H groups in total. The van der Waals surface area contributed by atoms with E-state index in [4.69, 9.17) is 0 Å². The van der Waals surface area contributed by atoms with Crippen molar-refractivity contribution in [3.05, 3.63) is 73.7 Å². The van der Waals surface area contributed by atoms with Crippen molar-refractivity contribution in [1.82, 2.24) is 4.90 Å². The molecular weight excluding hydrogens is 462 g/mol. The van der Waals surface area contributed by atoms with Gasteiger partial charge in [0.2, 0.25) is 0 Å². The van der Waals surface area contributed by atoms with Gasteiger partial charge in [0, 0.05) is 29.4 Å². The first-order chi connectivity index (χ1) is 16.4. The van der Waals surface area contributed by atoms with E-state index in [1.165, 1.54) is 23.4 Å². The predicted octanol–water partition coefficient (Wildman–Crippen LogP) is 6.64. The fourth-order valence-corrected chi connectivity index (χ4v) is 6.30. The molecule has 2 heterocycles. The quantitative estimate of drug-likeness (QED) is 0.264. The number of amides is 2. The molecule has 2 aliphatic rings. The van der Waals surface area contributed by atoms with Gasteiger partial charge in [-0.1, -0.05) is 19.1 Å². The minimum atomic E-state index is -0.487. The first kappa shape index (κ1) is 25.0. The lowest BCUT2D eigenvalue weighted by Crippen LogP contribution is -2.51. The first-order valence-electron chi connectivity index (χ1n) is 11.8. The number of anilines is 1. The van der Waals surface area contributed by atoms with Crippen molar-refractivity contribution in [2.45, 2.75) is 72.0 Å². The number of aryl methyl sites for hydroxylation is 1. The largest absolute Gasteiger partial charge is 0.364 e. The van der Waals surface area contributed by atoms with Crippen LogP contribution in [0.15, 0.2) is 41.3 Å². The minimum Gasteiger partial charge on any atom is -0.364 e. The van der Waals surface area contributed by atoms with Crippen LogP contribution in [0.5, 0.6) is 0 Å². The Morgan fingerprint density at radius 3 is 2.60 bits per heavy atom. The summed E-state index contributed by atoms with van der Waals surface area (Å²) in [6, 6.07) is 10.7. The molecule has 2 amide bonds. The van der Waals surface area contributed by atoms with E-state index in [0.717, 1.165) is 34.2 Å². The summed E-state index contributed by atoms with van der Waals surface area (Å²) >= 11 is 0.913. The standard InChI is InChI=1S/C27H31N3O4S/c1-16(2)29-23-10-17(3)20(12-22(23)18(4)14-27(29,5)6)13-24-25(31)28(26(32)35-24)15-19-8-7-9-21(11-19)30(33)34/h7-13,16,18H,14-15H2,1-6H3/b24-13-. The van der Waals surface area contributed by atoms with E-state index in [2.05, 4.69) is 51.7 Å². The normalized spacial score (nSPS) is 20.7. The van der Waals surface area contributed by atoms with E-state index in [1.807, 2.05) is 6.92 Å². The van der Waals surface area contributed by atoms with Crippen molar-refractivity contribution < 1.29 is 14.5 Å². The minimum absolute atomic E-state index is 0.00230. The van der Waals surface area contributed by atoms with Crippen LogP contribution in [0, 0.1) is 17.0 Å². The number of thioether (sulfide) groups is 1. The molecule has 2 aliphatic heterocycles. The Bertz CT molecular complexity index is 1250. The summed E-state index contributed by atoms with van der Waals surface area (Å²) in [4.78, 5) is 40.3. The summed E-state index contributed by atoms with van der Waals surface area (Å²) in [5, 5.41) is 10.7. The maximum Gasteiger partial charge on any atom is 0.293 e. The molecule has 0 aliphatic carbocycles. The maximum atomic E-state index is 13.1. The van der Waals surface area contributed by atoms with Crippen molar-refractivity contribution in [3.63, 3.8) is 0 Å². The number of nitro benzene ring substituents is 1. The summed E-state index contributed by atoms with van der Waals surface area (Å²) in [5.74, 6) is -0.00620. The topological polar surface area (TPSA) is 83.8 Å². The van der Waals surface area contributed by atoms with Crippen LogP contribution in [0.1, 0.15) is 69.2 Å². The second kappa shape index (κ2) is 9.15. The number of fused-ring (bicyclic) bond motifs is 1. The van der Waals surface area contributed by atoms with Gasteiger partial charge in [0.15, 0.2) is 0 Å². The van der Waals surface area contributed by atoms with Crippen molar-refractivity contribution in [1.29, 1.82) is 0 Å².